The van der Waals surface area contributed by atoms with Crippen molar-refractivity contribution in [2.24, 2.45) is 0 Å². The Balaban J connectivity index is 1.71. The van der Waals surface area contributed by atoms with Gasteiger partial charge in [-0.3, -0.25) is 4.79 Å². The van der Waals surface area contributed by atoms with Gasteiger partial charge in [0.25, 0.3) is 0 Å². The lowest BCUT2D eigenvalue weighted by Gasteiger charge is -2.16. The van der Waals surface area contributed by atoms with E-state index in [0.717, 1.165) is 16.9 Å². The van der Waals surface area contributed by atoms with Crippen LogP contribution in [0.1, 0.15) is 24.0 Å². The standard InChI is InChI=1S/C20H24FNO3/c1-15-5-2-3-6-19(15)25-12-4-7-20(24)22-18(14-23)13-16-8-10-17(21)11-9-16/h2-3,5-6,8-11,18,23H,4,7,12-14H2,1H3,(H,22,24)/t18-/m0/s1. The van der Waals surface area contributed by atoms with Crippen LogP contribution in [0, 0.1) is 12.7 Å². The Morgan fingerprint density at radius 3 is 2.60 bits per heavy atom. The monoisotopic (exact) mass is 345 g/mol. The van der Waals surface area contributed by atoms with E-state index in [2.05, 4.69) is 5.32 Å². The molecule has 4 nitrogen and oxygen atoms in total. The van der Waals surface area contributed by atoms with E-state index in [4.69, 9.17) is 4.74 Å². The maximum absolute atomic E-state index is 12.9. The Labute approximate surface area is 147 Å². The molecule has 134 valence electrons. The Bertz CT molecular complexity index is 673. The van der Waals surface area contributed by atoms with Crippen LogP contribution in [0.15, 0.2) is 48.5 Å². The maximum Gasteiger partial charge on any atom is 0.220 e. The number of halogens is 1. The molecular weight excluding hydrogens is 321 g/mol. The van der Waals surface area contributed by atoms with E-state index < -0.39 is 0 Å². The van der Waals surface area contributed by atoms with E-state index in [9.17, 15) is 14.3 Å². The van der Waals surface area contributed by atoms with Gasteiger partial charge in [0.1, 0.15) is 11.6 Å². The number of para-hydroxylation sites is 1. The molecule has 0 saturated heterocycles. The van der Waals surface area contributed by atoms with Gasteiger partial charge in [-0.2, -0.15) is 0 Å². The molecule has 0 aliphatic carbocycles. The molecule has 2 aromatic carbocycles. The molecule has 0 unspecified atom stereocenters. The molecule has 0 aromatic heterocycles. The zero-order valence-electron chi connectivity index (χ0n) is 14.4. The highest BCUT2D eigenvalue weighted by Gasteiger charge is 2.12. The summed E-state index contributed by atoms with van der Waals surface area (Å²) in [6.45, 7) is 2.27. The fourth-order valence-corrected chi connectivity index (χ4v) is 2.50. The van der Waals surface area contributed by atoms with Crippen LogP contribution in [-0.2, 0) is 11.2 Å². The Morgan fingerprint density at radius 2 is 1.92 bits per heavy atom. The maximum atomic E-state index is 12.9. The summed E-state index contributed by atoms with van der Waals surface area (Å²) >= 11 is 0. The first kappa shape index (κ1) is 18.9. The van der Waals surface area contributed by atoms with Crippen LogP contribution in [-0.4, -0.2) is 30.3 Å². The summed E-state index contributed by atoms with van der Waals surface area (Å²) in [5, 5.41) is 12.2. The number of amides is 1. The number of carbonyl (C=O) groups excluding carboxylic acids is 1. The molecule has 0 heterocycles. The molecule has 25 heavy (non-hydrogen) atoms. The number of ether oxygens (including phenoxy) is 1. The topological polar surface area (TPSA) is 58.6 Å². The summed E-state index contributed by atoms with van der Waals surface area (Å²) in [6.07, 6.45) is 1.38. The van der Waals surface area contributed by atoms with Crippen LogP contribution in [0.5, 0.6) is 5.75 Å². The van der Waals surface area contributed by atoms with Gasteiger partial charge >= 0.3 is 0 Å². The van der Waals surface area contributed by atoms with Gasteiger partial charge in [-0.05, 0) is 49.1 Å². The number of hydrogen-bond donors (Lipinski definition) is 2. The van der Waals surface area contributed by atoms with Crippen LogP contribution in [0.4, 0.5) is 4.39 Å². The van der Waals surface area contributed by atoms with Crippen molar-refractivity contribution in [3.63, 3.8) is 0 Å². The minimum Gasteiger partial charge on any atom is -0.493 e. The third-order valence-corrected chi connectivity index (χ3v) is 3.88. The first-order valence-electron chi connectivity index (χ1n) is 8.41. The van der Waals surface area contributed by atoms with Gasteiger partial charge in [0, 0.05) is 6.42 Å². The van der Waals surface area contributed by atoms with Crippen molar-refractivity contribution in [2.75, 3.05) is 13.2 Å². The van der Waals surface area contributed by atoms with Crippen molar-refractivity contribution < 1.29 is 19.0 Å². The molecule has 0 aliphatic heterocycles. The summed E-state index contributed by atoms with van der Waals surface area (Å²) < 4.78 is 18.6. The smallest absolute Gasteiger partial charge is 0.220 e. The van der Waals surface area contributed by atoms with Gasteiger partial charge in [-0.15, -0.1) is 0 Å². The largest absolute Gasteiger partial charge is 0.493 e. The lowest BCUT2D eigenvalue weighted by Crippen LogP contribution is -2.39. The van der Waals surface area contributed by atoms with Crippen molar-refractivity contribution in [3.8, 4) is 5.75 Å². The zero-order chi connectivity index (χ0) is 18.1. The Kier molecular flexibility index (Phi) is 7.41. The van der Waals surface area contributed by atoms with Gasteiger partial charge in [0.15, 0.2) is 0 Å². The number of aliphatic hydroxyl groups excluding tert-OH is 1. The third-order valence-electron chi connectivity index (χ3n) is 3.88. The van der Waals surface area contributed by atoms with E-state index in [1.165, 1.54) is 12.1 Å². The van der Waals surface area contributed by atoms with Crippen LogP contribution < -0.4 is 10.1 Å². The molecular formula is C20H24FNO3. The average Bonchev–Trinajstić information content (AvgIpc) is 2.61. The molecule has 0 saturated carbocycles. The van der Waals surface area contributed by atoms with E-state index in [0.29, 0.717) is 25.9 Å². The molecule has 1 amide bonds. The first-order valence-corrected chi connectivity index (χ1v) is 8.41. The van der Waals surface area contributed by atoms with Gasteiger partial charge in [0.2, 0.25) is 5.91 Å². The fourth-order valence-electron chi connectivity index (χ4n) is 2.50. The van der Waals surface area contributed by atoms with Crippen molar-refractivity contribution in [1.82, 2.24) is 5.32 Å². The fraction of sp³-hybridized carbons (Fsp3) is 0.350. The zero-order valence-corrected chi connectivity index (χ0v) is 14.4. The van der Waals surface area contributed by atoms with Gasteiger partial charge in [-0.1, -0.05) is 30.3 Å². The van der Waals surface area contributed by atoms with Gasteiger partial charge < -0.3 is 15.2 Å². The minimum absolute atomic E-state index is 0.130. The van der Waals surface area contributed by atoms with Crippen molar-refractivity contribution in [2.45, 2.75) is 32.2 Å². The summed E-state index contributed by atoms with van der Waals surface area (Å²) in [6, 6.07) is 13.4. The molecule has 2 N–H and O–H groups in total. The second kappa shape index (κ2) is 9.79. The first-order chi connectivity index (χ1) is 12.1. The highest BCUT2D eigenvalue weighted by atomic mass is 19.1. The number of aryl methyl sites for hydroxylation is 1. The van der Waals surface area contributed by atoms with Crippen LogP contribution in [0.25, 0.3) is 0 Å². The molecule has 0 aliphatic rings. The number of rotatable bonds is 9. The Morgan fingerprint density at radius 1 is 1.20 bits per heavy atom. The molecule has 2 rings (SSSR count). The highest BCUT2D eigenvalue weighted by Crippen LogP contribution is 2.16. The van der Waals surface area contributed by atoms with Gasteiger partial charge in [-0.25, -0.2) is 4.39 Å². The number of nitrogens with one attached hydrogen (secondary N) is 1. The molecule has 0 spiro atoms. The summed E-state index contributed by atoms with van der Waals surface area (Å²) in [5.74, 6) is 0.393. The summed E-state index contributed by atoms with van der Waals surface area (Å²) in [7, 11) is 0. The normalized spacial score (nSPS) is 11.8. The molecule has 5 heteroatoms. The Hall–Kier alpha value is -2.40. The molecule has 2 aromatic rings. The molecule has 0 radical (unpaired) electrons. The summed E-state index contributed by atoms with van der Waals surface area (Å²) in [4.78, 5) is 12.0. The van der Waals surface area contributed by atoms with E-state index >= 15 is 0 Å². The minimum atomic E-state index is -0.379. The quantitative estimate of drug-likeness (QED) is 0.687. The number of benzene rings is 2. The van der Waals surface area contributed by atoms with E-state index in [-0.39, 0.29) is 24.4 Å². The predicted octanol–water partition coefficient (Wildman–Crippen LogP) is 3.01. The van der Waals surface area contributed by atoms with Crippen LogP contribution in [0.3, 0.4) is 0 Å². The van der Waals surface area contributed by atoms with E-state index in [1.54, 1.807) is 12.1 Å². The lowest BCUT2D eigenvalue weighted by molar-refractivity contribution is -0.122. The van der Waals surface area contributed by atoms with Gasteiger partial charge in [0.05, 0.1) is 19.3 Å². The van der Waals surface area contributed by atoms with E-state index in [1.807, 2.05) is 31.2 Å². The second-order valence-electron chi connectivity index (χ2n) is 6.00. The third kappa shape index (κ3) is 6.55. The number of hydrogen-bond acceptors (Lipinski definition) is 3. The van der Waals surface area contributed by atoms with Crippen molar-refractivity contribution >= 4 is 5.91 Å². The van der Waals surface area contributed by atoms with Crippen molar-refractivity contribution in [3.05, 3.63) is 65.5 Å². The number of aliphatic hydroxyl groups is 1. The summed E-state index contributed by atoms with van der Waals surface area (Å²) in [5.41, 5.74) is 1.93. The highest BCUT2D eigenvalue weighted by molar-refractivity contribution is 5.76. The van der Waals surface area contributed by atoms with Crippen LogP contribution in [0.2, 0.25) is 0 Å². The second-order valence-corrected chi connectivity index (χ2v) is 6.00. The average molecular weight is 345 g/mol. The number of carbonyl (C=O) groups is 1. The lowest BCUT2D eigenvalue weighted by atomic mass is 10.1. The molecule has 0 bridgehead atoms. The van der Waals surface area contributed by atoms with Crippen LogP contribution >= 0.6 is 0 Å². The van der Waals surface area contributed by atoms with Crippen molar-refractivity contribution in [1.29, 1.82) is 0 Å². The molecule has 0 fully saturated rings. The SMILES string of the molecule is Cc1ccccc1OCCCC(=O)N[C@H](CO)Cc1ccc(F)cc1. The molecule has 1 atom stereocenters. The predicted molar refractivity (Wildman–Crippen MR) is 95.0 cm³/mol.